The average Bonchev–Trinajstić information content (AvgIpc) is 2.53. The van der Waals surface area contributed by atoms with E-state index in [1.165, 1.54) is 0 Å². The zero-order valence-corrected chi connectivity index (χ0v) is 12.7. The van der Waals surface area contributed by atoms with Crippen molar-refractivity contribution in [2.24, 2.45) is 5.73 Å². The van der Waals surface area contributed by atoms with Gasteiger partial charge in [-0.3, -0.25) is 14.5 Å². The number of hydrogen-bond acceptors (Lipinski definition) is 4. The van der Waals surface area contributed by atoms with Gasteiger partial charge in [-0.05, 0) is 18.5 Å². The number of carbonyl (C=O) groups is 2. The van der Waals surface area contributed by atoms with Gasteiger partial charge >= 0.3 is 0 Å². The molecule has 22 heavy (non-hydrogen) atoms. The number of primary amides is 1. The van der Waals surface area contributed by atoms with Crippen LogP contribution in [0.4, 0.5) is 0 Å². The van der Waals surface area contributed by atoms with E-state index in [1.54, 1.807) is 24.3 Å². The third kappa shape index (κ3) is 4.82. The Labute approximate surface area is 130 Å². The van der Waals surface area contributed by atoms with Gasteiger partial charge in [0.2, 0.25) is 11.8 Å². The lowest BCUT2D eigenvalue weighted by atomic mass is 9.97. The van der Waals surface area contributed by atoms with Gasteiger partial charge < -0.3 is 15.8 Å². The molecule has 120 valence electrons. The summed E-state index contributed by atoms with van der Waals surface area (Å²) in [4.78, 5) is 26.1. The van der Waals surface area contributed by atoms with Crippen molar-refractivity contribution >= 4 is 11.8 Å². The zero-order chi connectivity index (χ0) is 15.8. The zero-order valence-electron chi connectivity index (χ0n) is 12.7. The number of amides is 2. The molecule has 1 atom stereocenters. The maximum atomic E-state index is 12.2. The Hall–Kier alpha value is -1.92. The van der Waals surface area contributed by atoms with Gasteiger partial charge in [0, 0.05) is 19.6 Å². The Morgan fingerprint density at radius 1 is 1.23 bits per heavy atom. The minimum Gasteiger partial charge on any atom is -0.379 e. The van der Waals surface area contributed by atoms with Gasteiger partial charge in [-0.15, -0.1) is 0 Å². The number of morpholine rings is 1. The summed E-state index contributed by atoms with van der Waals surface area (Å²) < 4.78 is 5.29. The van der Waals surface area contributed by atoms with Crippen molar-refractivity contribution in [1.82, 2.24) is 10.2 Å². The standard InChI is InChI=1S/C16H23N3O3/c17-15(20)14(13-5-2-1-3-6-13)16(21)18-7-4-8-19-9-11-22-12-10-19/h1-3,5-6,14H,4,7-12H2,(H2,17,20)(H,18,21)/t14-/m1/s1. The van der Waals surface area contributed by atoms with Gasteiger partial charge in [0.25, 0.3) is 0 Å². The van der Waals surface area contributed by atoms with E-state index in [-0.39, 0.29) is 5.91 Å². The molecule has 3 N–H and O–H groups in total. The smallest absolute Gasteiger partial charge is 0.237 e. The van der Waals surface area contributed by atoms with Crippen molar-refractivity contribution < 1.29 is 14.3 Å². The molecule has 6 heteroatoms. The molecule has 1 saturated heterocycles. The summed E-state index contributed by atoms with van der Waals surface area (Å²) >= 11 is 0. The highest BCUT2D eigenvalue weighted by atomic mass is 16.5. The van der Waals surface area contributed by atoms with Crippen LogP contribution in [-0.4, -0.2) is 56.1 Å². The predicted octanol–water partition coefficient (Wildman–Crippen LogP) is 0.0940. The normalized spacial score (nSPS) is 16.9. The fraction of sp³-hybridized carbons (Fsp3) is 0.500. The van der Waals surface area contributed by atoms with E-state index < -0.39 is 11.8 Å². The third-order valence-electron chi connectivity index (χ3n) is 3.73. The molecule has 0 saturated carbocycles. The minimum absolute atomic E-state index is 0.333. The second kappa shape index (κ2) is 8.51. The van der Waals surface area contributed by atoms with Gasteiger partial charge in [-0.25, -0.2) is 0 Å². The van der Waals surface area contributed by atoms with Crippen molar-refractivity contribution in [2.75, 3.05) is 39.4 Å². The van der Waals surface area contributed by atoms with Crippen molar-refractivity contribution in [2.45, 2.75) is 12.3 Å². The average molecular weight is 305 g/mol. The molecule has 1 aliphatic rings. The van der Waals surface area contributed by atoms with Crippen LogP contribution in [0.2, 0.25) is 0 Å². The molecule has 1 heterocycles. The molecule has 1 aromatic rings. The predicted molar refractivity (Wildman–Crippen MR) is 83.3 cm³/mol. The van der Waals surface area contributed by atoms with Crippen LogP contribution in [-0.2, 0) is 14.3 Å². The largest absolute Gasteiger partial charge is 0.379 e. The van der Waals surface area contributed by atoms with Crippen LogP contribution in [0.5, 0.6) is 0 Å². The van der Waals surface area contributed by atoms with Gasteiger partial charge in [0.15, 0.2) is 0 Å². The maximum absolute atomic E-state index is 12.2. The molecule has 0 bridgehead atoms. The van der Waals surface area contributed by atoms with Gasteiger partial charge in [-0.2, -0.15) is 0 Å². The van der Waals surface area contributed by atoms with Gasteiger partial charge in [0.05, 0.1) is 13.2 Å². The summed E-state index contributed by atoms with van der Waals surface area (Å²) in [5.41, 5.74) is 5.99. The second-order valence-corrected chi connectivity index (χ2v) is 5.34. The first-order valence-electron chi connectivity index (χ1n) is 7.60. The monoisotopic (exact) mass is 305 g/mol. The highest BCUT2D eigenvalue weighted by molar-refractivity contribution is 6.05. The van der Waals surface area contributed by atoms with Crippen LogP contribution >= 0.6 is 0 Å². The fourth-order valence-electron chi connectivity index (χ4n) is 2.53. The van der Waals surface area contributed by atoms with Crippen LogP contribution in [0.1, 0.15) is 17.9 Å². The summed E-state index contributed by atoms with van der Waals surface area (Å²) in [7, 11) is 0. The lowest BCUT2D eigenvalue weighted by Gasteiger charge is -2.26. The molecular weight excluding hydrogens is 282 g/mol. The van der Waals surface area contributed by atoms with Crippen LogP contribution in [0.25, 0.3) is 0 Å². The topological polar surface area (TPSA) is 84.7 Å². The van der Waals surface area contributed by atoms with Crippen LogP contribution < -0.4 is 11.1 Å². The van der Waals surface area contributed by atoms with E-state index in [0.717, 1.165) is 39.3 Å². The number of nitrogens with one attached hydrogen (secondary N) is 1. The van der Waals surface area contributed by atoms with E-state index >= 15 is 0 Å². The second-order valence-electron chi connectivity index (χ2n) is 5.34. The van der Waals surface area contributed by atoms with E-state index in [2.05, 4.69) is 10.2 Å². The Kier molecular flexibility index (Phi) is 6.36. The summed E-state index contributed by atoms with van der Waals surface area (Å²) in [6.07, 6.45) is 0.839. The number of benzene rings is 1. The van der Waals surface area contributed by atoms with E-state index in [4.69, 9.17) is 10.5 Å². The number of ether oxygens (including phenoxy) is 1. The number of nitrogens with two attached hydrogens (primary N) is 1. The Morgan fingerprint density at radius 3 is 2.55 bits per heavy atom. The molecule has 0 aliphatic carbocycles. The van der Waals surface area contributed by atoms with Gasteiger partial charge in [-0.1, -0.05) is 30.3 Å². The molecule has 0 aromatic heterocycles. The summed E-state index contributed by atoms with van der Waals surface area (Å²) in [6, 6.07) is 8.89. The summed E-state index contributed by atoms with van der Waals surface area (Å²) in [6.45, 7) is 4.85. The van der Waals surface area contributed by atoms with Crippen LogP contribution in [0.15, 0.2) is 30.3 Å². The first-order chi connectivity index (χ1) is 10.7. The maximum Gasteiger partial charge on any atom is 0.237 e. The molecule has 0 unspecified atom stereocenters. The van der Waals surface area contributed by atoms with Crippen LogP contribution in [0.3, 0.4) is 0 Å². The highest BCUT2D eigenvalue weighted by Crippen LogP contribution is 2.15. The quantitative estimate of drug-likeness (QED) is 0.552. The van der Waals surface area contributed by atoms with Crippen molar-refractivity contribution in [1.29, 1.82) is 0 Å². The molecule has 1 aromatic carbocycles. The molecule has 1 fully saturated rings. The number of nitrogens with zero attached hydrogens (tertiary/aromatic N) is 1. The van der Waals surface area contributed by atoms with Crippen molar-refractivity contribution in [3.63, 3.8) is 0 Å². The Bertz CT molecular complexity index is 487. The molecule has 0 spiro atoms. The molecule has 2 amide bonds. The highest BCUT2D eigenvalue weighted by Gasteiger charge is 2.25. The van der Waals surface area contributed by atoms with Gasteiger partial charge in [0.1, 0.15) is 5.92 Å². The molecule has 2 rings (SSSR count). The molecular formula is C16H23N3O3. The van der Waals surface area contributed by atoms with E-state index in [0.29, 0.717) is 12.1 Å². The lowest BCUT2D eigenvalue weighted by molar-refractivity contribution is -0.129. The Balaban J connectivity index is 1.78. The minimum atomic E-state index is -0.926. The molecule has 6 nitrogen and oxygen atoms in total. The molecule has 1 aliphatic heterocycles. The SMILES string of the molecule is NC(=O)[C@H](C(=O)NCCCN1CCOCC1)c1ccccc1. The van der Waals surface area contributed by atoms with Crippen molar-refractivity contribution in [3.8, 4) is 0 Å². The first-order valence-corrected chi connectivity index (χ1v) is 7.60. The molecule has 0 radical (unpaired) electrons. The van der Waals surface area contributed by atoms with E-state index in [1.807, 2.05) is 6.07 Å². The van der Waals surface area contributed by atoms with Crippen LogP contribution in [0, 0.1) is 0 Å². The number of hydrogen-bond donors (Lipinski definition) is 2. The number of carbonyl (C=O) groups excluding carboxylic acids is 2. The van der Waals surface area contributed by atoms with E-state index in [9.17, 15) is 9.59 Å². The fourth-order valence-corrected chi connectivity index (χ4v) is 2.53. The summed E-state index contributed by atoms with van der Waals surface area (Å²) in [5, 5.41) is 2.80. The number of rotatable bonds is 7. The first kappa shape index (κ1) is 16.5. The Morgan fingerprint density at radius 2 is 1.91 bits per heavy atom. The lowest BCUT2D eigenvalue weighted by Crippen LogP contribution is -2.40. The third-order valence-corrected chi connectivity index (χ3v) is 3.73. The van der Waals surface area contributed by atoms with Crippen molar-refractivity contribution in [3.05, 3.63) is 35.9 Å². The summed E-state index contributed by atoms with van der Waals surface area (Å²) in [5.74, 6) is -1.89.